The van der Waals surface area contributed by atoms with E-state index in [1.54, 1.807) is 38.3 Å². The van der Waals surface area contributed by atoms with Crippen LogP contribution in [-0.4, -0.2) is 49.0 Å². The molecule has 4 amide bonds. The summed E-state index contributed by atoms with van der Waals surface area (Å²) < 4.78 is 5.10. The molecule has 8 nitrogen and oxygen atoms in total. The molecule has 0 radical (unpaired) electrons. The Morgan fingerprint density at radius 3 is 2.56 bits per heavy atom. The van der Waals surface area contributed by atoms with Gasteiger partial charge in [0.25, 0.3) is 5.91 Å². The molecule has 1 aromatic rings. The van der Waals surface area contributed by atoms with Crippen LogP contribution in [0.4, 0.5) is 4.79 Å². The lowest BCUT2D eigenvalue weighted by atomic mass is 9.92. The van der Waals surface area contributed by atoms with Crippen LogP contribution in [0.2, 0.25) is 0 Å². The minimum absolute atomic E-state index is 0.0321. The van der Waals surface area contributed by atoms with E-state index in [1.165, 1.54) is 0 Å². The first-order valence-electron chi connectivity index (χ1n) is 8.09. The van der Waals surface area contributed by atoms with Crippen LogP contribution >= 0.6 is 0 Å². The molecule has 2 atom stereocenters. The lowest BCUT2D eigenvalue weighted by Gasteiger charge is -2.22. The number of urea groups is 1. The first kappa shape index (κ1) is 18.7. The van der Waals surface area contributed by atoms with E-state index in [0.717, 1.165) is 4.90 Å². The van der Waals surface area contributed by atoms with Gasteiger partial charge in [-0.2, -0.15) is 0 Å². The fraction of sp³-hybridized carbons (Fsp3) is 0.471. The van der Waals surface area contributed by atoms with Crippen molar-refractivity contribution in [2.45, 2.75) is 31.8 Å². The molecule has 0 aliphatic carbocycles. The van der Waals surface area contributed by atoms with Gasteiger partial charge in [-0.3, -0.25) is 14.5 Å². The molecule has 0 spiro atoms. The average Bonchev–Trinajstić information content (AvgIpc) is 2.79. The summed E-state index contributed by atoms with van der Waals surface area (Å²) >= 11 is 0. The van der Waals surface area contributed by atoms with Crippen molar-refractivity contribution in [3.05, 3.63) is 29.8 Å². The zero-order chi connectivity index (χ0) is 18.6. The maximum Gasteiger partial charge on any atom is 0.325 e. The van der Waals surface area contributed by atoms with Crippen LogP contribution in [0.15, 0.2) is 24.3 Å². The second-order valence-electron chi connectivity index (χ2n) is 6.29. The standard InChI is InChI=1S/C17H24N4O4/c1-11(18)8-9-19-14(22)10-21-15(23)17(2,20-16(21)24)12-4-6-13(25-3)7-5-12/h4-7,11H,8-10,18H2,1-3H3,(H,19,22)(H,20,24). The van der Waals surface area contributed by atoms with E-state index in [1.807, 2.05) is 6.92 Å². The van der Waals surface area contributed by atoms with E-state index in [9.17, 15) is 14.4 Å². The number of methoxy groups -OCH3 is 1. The van der Waals surface area contributed by atoms with Crippen molar-refractivity contribution in [2.24, 2.45) is 5.73 Å². The first-order valence-corrected chi connectivity index (χ1v) is 8.09. The van der Waals surface area contributed by atoms with Gasteiger partial charge in [-0.1, -0.05) is 12.1 Å². The van der Waals surface area contributed by atoms with Gasteiger partial charge in [-0.05, 0) is 38.0 Å². The van der Waals surface area contributed by atoms with Crippen LogP contribution in [0.25, 0.3) is 0 Å². The van der Waals surface area contributed by atoms with Gasteiger partial charge < -0.3 is 21.1 Å². The zero-order valence-electron chi connectivity index (χ0n) is 14.7. The third-order valence-corrected chi connectivity index (χ3v) is 4.17. The van der Waals surface area contributed by atoms with E-state index >= 15 is 0 Å². The number of nitrogens with one attached hydrogen (secondary N) is 2. The molecule has 136 valence electrons. The van der Waals surface area contributed by atoms with Crippen LogP contribution in [0.1, 0.15) is 25.8 Å². The molecular formula is C17H24N4O4. The number of rotatable bonds is 7. The van der Waals surface area contributed by atoms with Crippen molar-refractivity contribution >= 4 is 17.8 Å². The summed E-state index contributed by atoms with van der Waals surface area (Å²) in [5.74, 6) is -0.220. The third-order valence-electron chi connectivity index (χ3n) is 4.17. The molecule has 0 bridgehead atoms. The molecule has 1 saturated heterocycles. The monoisotopic (exact) mass is 348 g/mol. The number of hydrogen-bond acceptors (Lipinski definition) is 5. The number of benzene rings is 1. The van der Waals surface area contributed by atoms with Crippen molar-refractivity contribution in [1.29, 1.82) is 0 Å². The SMILES string of the molecule is COc1ccc(C2(C)NC(=O)N(CC(=O)NCCC(C)N)C2=O)cc1. The molecule has 0 aromatic heterocycles. The second-order valence-corrected chi connectivity index (χ2v) is 6.29. The highest BCUT2D eigenvalue weighted by atomic mass is 16.5. The fourth-order valence-corrected chi connectivity index (χ4v) is 2.60. The van der Waals surface area contributed by atoms with E-state index in [2.05, 4.69) is 10.6 Å². The highest BCUT2D eigenvalue weighted by molar-refractivity contribution is 6.09. The van der Waals surface area contributed by atoms with Gasteiger partial charge in [0, 0.05) is 12.6 Å². The van der Waals surface area contributed by atoms with Gasteiger partial charge in [0.15, 0.2) is 0 Å². The number of nitrogens with two attached hydrogens (primary N) is 1. The highest BCUT2D eigenvalue weighted by Gasteiger charge is 2.49. The van der Waals surface area contributed by atoms with Crippen LogP contribution < -0.4 is 21.1 Å². The molecule has 1 heterocycles. The van der Waals surface area contributed by atoms with Crippen molar-refractivity contribution in [2.75, 3.05) is 20.2 Å². The summed E-state index contributed by atoms with van der Waals surface area (Å²) in [5, 5.41) is 5.32. The molecular weight excluding hydrogens is 324 g/mol. The predicted octanol–water partition coefficient (Wildman–Crippen LogP) is 0.316. The minimum atomic E-state index is -1.21. The largest absolute Gasteiger partial charge is 0.497 e. The van der Waals surface area contributed by atoms with Gasteiger partial charge in [0.05, 0.1) is 7.11 Å². The molecule has 25 heavy (non-hydrogen) atoms. The van der Waals surface area contributed by atoms with Crippen molar-refractivity contribution in [3.63, 3.8) is 0 Å². The molecule has 2 rings (SSSR count). The second kappa shape index (κ2) is 7.52. The number of hydrogen-bond donors (Lipinski definition) is 3. The minimum Gasteiger partial charge on any atom is -0.497 e. The van der Waals surface area contributed by atoms with Gasteiger partial charge in [-0.25, -0.2) is 4.79 Å². The lowest BCUT2D eigenvalue weighted by molar-refractivity contribution is -0.134. The molecule has 0 saturated carbocycles. The van der Waals surface area contributed by atoms with Gasteiger partial charge in [0.2, 0.25) is 5.91 Å². The summed E-state index contributed by atoms with van der Waals surface area (Å²) in [4.78, 5) is 37.8. The van der Waals surface area contributed by atoms with Crippen molar-refractivity contribution in [1.82, 2.24) is 15.5 Å². The normalized spacial score (nSPS) is 21.0. The Balaban J connectivity index is 2.06. The predicted molar refractivity (Wildman–Crippen MR) is 91.9 cm³/mol. The maximum absolute atomic E-state index is 12.7. The molecule has 1 aliphatic heterocycles. The Hall–Kier alpha value is -2.61. The number of amides is 4. The van der Waals surface area contributed by atoms with E-state index < -0.39 is 23.4 Å². The van der Waals surface area contributed by atoms with Crippen LogP contribution in [-0.2, 0) is 15.1 Å². The smallest absolute Gasteiger partial charge is 0.325 e. The molecule has 2 unspecified atom stereocenters. The van der Waals surface area contributed by atoms with Crippen LogP contribution in [0.3, 0.4) is 0 Å². The Bertz CT molecular complexity index is 659. The number of imide groups is 1. The van der Waals surface area contributed by atoms with Crippen LogP contribution in [0.5, 0.6) is 5.75 Å². The fourth-order valence-electron chi connectivity index (χ4n) is 2.60. The number of carbonyl (C=O) groups excluding carboxylic acids is 3. The number of ether oxygens (including phenoxy) is 1. The summed E-state index contributed by atoms with van der Waals surface area (Å²) in [6.45, 7) is 3.53. The van der Waals surface area contributed by atoms with Crippen molar-refractivity contribution in [3.8, 4) is 5.75 Å². The Labute approximate surface area is 146 Å². The van der Waals surface area contributed by atoms with Gasteiger partial charge in [0.1, 0.15) is 17.8 Å². The van der Waals surface area contributed by atoms with Gasteiger partial charge in [-0.15, -0.1) is 0 Å². The topological polar surface area (TPSA) is 114 Å². The average molecular weight is 348 g/mol. The van der Waals surface area contributed by atoms with Gasteiger partial charge >= 0.3 is 6.03 Å². The zero-order valence-corrected chi connectivity index (χ0v) is 14.7. The number of nitrogens with zero attached hydrogens (tertiary/aromatic N) is 1. The summed E-state index contributed by atoms with van der Waals surface area (Å²) in [5.41, 5.74) is 5.02. The summed E-state index contributed by atoms with van der Waals surface area (Å²) in [6, 6.07) is 6.22. The Morgan fingerprint density at radius 1 is 1.36 bits per heavy atom. The molecule has 1 aliphatic rings. The summed E-state index contributed by atoms with van der Waals surface area (Å²) in [6.07, 6.45) is 0.620. The number of carbonyl (C=O) groups is 3. The Morgan fingerprint density at radius 2 is 2.00 bits per heavy atom. The van der Waals surface area contributed by atoms with E-state index in [-0.39, 0.29) is 12.6 Å². The molecule has 1 aromatic carbocycles. The van der Waals surface area contributed by atoms with E-state index in [4.69, 9.17) is 10.5 Å². The Kier molecular flexibility index (Phi) is 5.63. The maximum atomic E-state index is 12.7. The molecule has 4 N–H and O–H groups in total. The lowest BCUT2D eigenvalue weighted by Crippen LogP contribution is -2.43. The van der Waals surface area contributed by atoms with Crippen molar-refractivity contribution < 1.29 is 19.1 Å². The third kappa shape index (κ3) is 4.08. The molecule has 8 heteroatoms. The van der Waals surface area contributed by atoms with Crippen LogP contribution in [0, 0.1) is 0 Å². The van der Waals surface area contributed by atoms with E-state index in [0.29, 0.717) is 24.3 Å². The first-order chi connectivity index (χ1) is 11.8. The highest BCUT2D eigenvalue weighted by Crippen LogP contribution is 2.29. The summed E-state index contributed by atoms with van der Waals surface area (Å²) in [7, 11) is 1.55. The molecule has 1 fully saturated rings. The quantitative estimate of drug-likeness (QED) is 0.614.